The Labute approximate surface area is 97.1 Å². The second-order valence-electron chi connectivity index (χ2n) is 3.44. The molecule has 1 unspecified atom stereocenters. The van der Waals surface area contributed by atoms with E-state index in [9.17, 15) is 9.90 Å². The quantitative estimate of drug-likeness (QED) is 0.450. The van der Waals surface area contributed by atoms with Crippen molar-refractivity contribution >= 4 is 0 Å². The van der Waals surface area contributed by atoms with Crippen molar-refractivity contribution in [1.29, 1.82) is 0 Å². The number of hydrogen-bond acceptors (Lipinski definition) is 5. The molecule has 0 aliphatic heterocycles. The molecule has 8 nitrogen and oxygen atoms in total. The first kappa shape index (κ1) is 13.0. The molecule has 0 amide bonds. The van der Waals surface area contributed by atoms with Crippen LogP contribution in [0.2, 0.25) is 0 Å². The van der Waals surface area contributed by atoms with Crippen LogP contribution in [0.3, 0.4) is 0 Å². The fourth-order valence-corrected chi connectivity index (χ4v) is 1.34. The number of aryl methyl sites for hydroxylation is 1. The van der Waals surface area contributed by atoms with E-state index in [1.54, 1.807) is 6.92 Å². The topological polar surface area (TPSA) is 113 Å². The molecule has 0 saturated heterocycles. The summed E-state index contributed by atoms with van der Waals surface area (Å²) in [5.41, 5.74) is 8.26. The minimum Gasteiger partial charge on any atom is -0.481 e. The number of methoxy groups -OCH3 is 1. The molecule has 0 aliphatic rings. The van der Waals surface area contributed by atoms with E-state index in [0.717, 1.165) is 0 Å². The summed E-state index contributed by atoms with van der Waals surface area (Å²) in [6.07, 6.45) is 0.617. The predicted octanol–water partition coefficient (Wildman–Crippen LogP) is 0.232. The van der Waals surface area contributed by atoms with Gasteiger partial charge < -0.3 is 9.84 Å². The van der Waals surface area contributed by atoms with Crippen molar-refractivity contribution < 1.29 is 9.84 Å². The van der Waals surface area contributed by atoms with Gasteiger partial charge in [-0.3, -0.25) is 4.57 Å². The van der Waals surface area contributed by atoms with Crippen LogP contribution in [0.4, 0.5) is 0 Å². The average molecular weight is 239 g/mol. The van der Waals surface area contributed by atoms with Gasteiger partial charge in [0.2, 0.25) is 5.88 Å². The van der Waals surface area contributed by atoms with E-state index in [1.807, 2.05) is 0 Å². The van der Waals surface area contributed by atoms with Crippen LogP contribution < -0.4 is 10.4 Å². The van der Waals surface area contributed by atoms with Crippen molar-refractivity contribution in [3.05, 3.63) is 32.7 Å². The lowest BCUT2D eigenvalue weighted by atomic mass is 10.3. The van der Waals surface area contributed by atoms with E-state index < -0.39 is 11.8 Å². The number of hydrogen-bond donors (Lipinski definition) is 1. The second kappa shape index (κ2) is 5.88. The van der Waals surface area contributed by atoms with Gasteiger partial charge in [0.15, 0.2) is 0 Å². The van der Waals surface area contributed by atoms with Gasteiger partial charge in [0.1, 0.15) is 0 Å². The average Bonchev–Trinajstić information content (AvgIpc) is 2.30. The van der Waals surface area contributed by atoms with Crippen LogP contribution in [0.15, 0.2) is 16.1 Å². The zero-order valence-corrected chi connectivity index (χ0v) is 9.57. The summed E-state index contributed by atoms with van der Waals surface area (Å²) in [6, 6.07) is 0. The number of nitrogens with zero attached hydrogens (tertiary/aromatic N) is 5. The maximum absolute atomic E-state index is 11.5. The van der Waals surface area contributed by atoms with Crippen LogP contribution in [-0.4, -0.2) is 34.4 Å². The SMILES string of the molecule is COc1nc(=O)n(CC(O)CN=[N+]=[N-])cc1C. The Morgan fingerprint density at radius 2 is 2.47 bits per heavy atom. The minimum absolute atomic E-state index is 0.0235. The molecule has 1 atom stereocenters. The Kier molecular flexibility index (Phi) is 4.50. The zero-order chi connectivity index (χ0) is 12.8. The van der Waals surface area contributed by atoms with E-state index in [1.165, 1.54) is 17.9 Å². The third-order valence-corrected chi connectivity index (χ3v) is 2.09. The summed E-state index contributed by atoms with van der Waals surface area (Å²) < 4.78 is 6.14. The Morgan fingerprint density at radius 3 is 3.06 bits per heavy atom. The largest absolute Gasteiger partial charge is 0.481 e. The van der Waals surface area contributed by atoms with Gasteiger partial charge in [-0.1, -0.05) is 5.11 Å². The van der Waals surface area contributed by atoms with Crippen molar-refractivity contribution in [2.24, 2.45) is 5.11 Å². The molecule has 0 aromatic carbocycles. The maximum Gasteiger partial charge on any atom is 0.350 e. The van der Waals surface area contributed by atoms with Crippen molar-refractivity contribution in [3.63, 3.8) is 0 Å². The van der Waals surface area contributed by atoms with Gasteiger partial charge >= 0.3 is 5.69 Å². The van der Waals surface area contributed by atoms with Crippen molar-refractivity contribution in [2.45, 2.75) is 19.6 Å². The van der Waals surface area contributed by atoms with Gasteiger partial charge in [0, 0.05) is 16.7 Å². The van der Waals surface area contributed by atoms with Crippen LogP contribution in [0.1, 0.15) is 5.56 Å². The maximum atomic E-state index is 11.5. The highest BCUT2D eigenvalue weighted by atomic mass is 16.5. The number of aliphatic hydroxyl groups excluding tert-OH is 1. The van der Waals surface area contributed by atoms with Gasteiger partial charge in [0.25, 0.3) is 0 Å². The Hall–Kier alpha value is -2.05. The first-order chi connectivity index (χ1) is 8.08. The number of rotatable bonds is 5. The van der Waals surface area contributed by atoms with Gasteiger partial charge in [-0.2, -0.15) is 4.98 Å². The van der Waals surface area contributed by atoms with E-state index in [4.69, 9.17) is 10.3 Å². The third-order valence-electron chi connectivity index (χ3n) is 2.09. The molecule has 0 bridgehead atoms. The van der Waals surface area contributed by atoms with Crippen molar-refractivity contribution in [2.75, 3.05) is 13.7 Å². The fourth-order valence-electron chi connectivity index (χ4n) is 1.34. The smallest absolute Gasteiger partial charge is 0.350 e. The molecule has 1 aromatic heterocycles. The van der Waals surface area contributed by atoms with E-state index in [-0.39, 0.29) is 19.0 Å². The molecule has 92 valence electrons. The summed E-state index contributed by atoms with van der Waals surface area (Å²) in [6.45, 7) is 1.67. The van der Waals surface area contributed by atoms with Crippen LogP contribution >= 0.6 is 0 Å². The molecule has 17 heavy (non-hydrogen) atoms. The molecular weight excluding hydrogens is 226 g/mol. The monoisotopic (exact) mass is 239 g/mol. The lowest BCUT2D eigenvalue weighted by molar-refractivity contribution is 0.160. The van der Waals surface area contributed by atoms with Crippen LogP contribution in [0.5, 0.6) is 5.88 Å². The van der Waals surface area contributed by atoms with E-state index in [2.05, 4.69) is 15.0 Å². The van der Waals surface area contributed by atoms with Gasteiger partial charge in [-0.05, 0) is 12.5 Å². The Balaban J connectivity index is 2.88. The molecular formula is C9H13N5O3. The lowest BCUT2D eigenvalue weighted by Gasteiger charge is -2.11. The van der Waals surface area contributed by atoms with Gasteiger partial charge in [-0.15, -0.1) is 0 Å². The molecule has 1 aromatic rings. The molecule has 1 heterocycles. The highest BCUT2D eigenvalue weighted by Crippen LogP contribution is 2.09. The summed E-state index contributed by atoms with van der Waals surface area (Å²) in [7, 11) is 1.43. The normalized spacial score (nSPS) is 11.7. The van der Waals surface area contributed by atoms with E-state index >= 15 is 0 Å². The summed E-state index contributed by atoms with van der Waals surface area (Å²) in [5, 5.41) is 12.7. The molecule has 1 N–H and O–H groups in total. The summed E-state index contributed by atoms with van der Waals surface area (Å²) in [4.78, 5) is 17.7. The molecule has 1 rings (SSSR count). The molecule has 0 aliphatic carbocycles. The van der Waals surface area contributed by atoms with Crippen LogP contribution in [0, 0.1) is 6.92 Å². The van der Waals surface area contributed by atoms with Crippen molar-refractivity contribution in [3.8, 4) is 5.88 Å². The summed E-state index contributed by atoms with van der Waals surface area (Å²) in [5.74, 6) is 0.260. The molecule has 0 radical (unpaired) electrons. The number of ether oxygens (including phenoxy) is 1. The molecule has 0 spiro atoms. The minimum atomic E-state index is -0.918. The fraction of sp³-hybridized carbons (Fsp3) is 0.556. The van der Waals surface area contributed by atoms with Crippen LogP contribution in [0.25, 0.3) is 10.4 Å². The summed E-state index contributed by atoms with van der Waals surface area (Å²) >= 11 is 0. The third kappa shape index (κ3) is 3.47. The lowest BCUT2D eigenvalue weighted by Crippen LogP contribution is -2.30. The zero-order valence-electron chi connectivity index (χ0n) is 9.57. The predicted molar refractivity (Wildman–Crippen MR) is 59.8 cm³/mol. The molecule has 0 fully saturated rings. The van der Waals surface area contributed by atoms with Crippen LogP contribution in [-0.2, 0) is 6.54 Å². The van der Waals surface area contributed by atoms with E-state index in [0.29, 0.717) is 5.56 Å². The molecule has 8 heteroatoms. The highest BCUT2D eigenvalue weighted by molar-refractivity contribution is 5.20. The number of aromatic nitrogens is 2. The highest BCUT2D eigenvalue weighted by Gasteiger charge is 2.09. The Morgan fingerprint density at radius 1 is 1.76 bits per heavy atom. The van der Waals surface area contributed by atoms with Crippen molar-refractivity contribution in [1.82, 2.24) is 9.55 Å². The standard InChI is InChI=1S/C9H13N5O3/c1-6-4-14(5-7(15)3-11-13-10)9(16)12-8(6)17-2/h4,7,15H,3,5H2,1-2H3. The first-order valence-corrected chi connectivity index (χ1v) is 4.89. The number of aliphatic hydroxyl groups is 1. The Bertz CT molecular complexity index is 492. The van der Waals surface area contributed by atoms with Gasteiger partial charge in [-0.25, -0.2) is 4.79 Å². The van der Waals surface area contributed by atoms with Gasteiger partial charge in [0.05, 0.1) is 26.3 Å². The second-order valence-corrected chi connectivity index (χ2v) is 3.44. The first-order valence-electron chi connectivity index (χ1n) is 4.89. The number of azide groups is 1. The molecule has 0 saturated carbocycles.